The van der Waals surface area contributed by atoms with E-state index in [1.807, 2.05) is 39.5 Å². The molecule has 25 heavy (non-hydrogen) atoms. The van der Waals surface area contributed by atoms with Crippen LogP contribution in [-0.4, -0.2) is 58.7 Å². The van der Waals surface area contributed by atoms with Gasteiger partial charge < -0.3 is 18.9 Å². The van der Waals surface area contributed by atoms with Crippen molar-refractivity contribution in [2.75, 3.05) is 26.7 Å². The van der Waals surface area contributed by atoms with Crippen LogP contribution < -0.4 is 4.72 Å². The Labute approximate surface area is 155 Å². The molecule has 0 aromatic heterocycles. The van der Waals surface area contributed by atoms with Crippen molar-refractivity contribution in [1.29, 1.82) is 0 Å². The molecule has 0 unspecified atom stereocenters. The quantitative estimate of drug-likeness (QED) is 0.766. The molecule has 2 atom stereocenters. The highest BCUT2D eigenvalue weighted by molar-refractivity contribution is 7.90. The van der Waals surface area contributed by atoms with Gasteiger partial charge in [-0.25, -0.2) is 4.79 Å². The van der Waals surface area contributed by atoms with Crippen LogP contribution in [0.15, 0.2) is 0 Å². The Bertz CT molecular complexity index is 470. The van der Waals surface area contributed by atoms with Crippen molar-refractivity contribution in [3.63, 3.8) is 0 Å². The molecular formula is C18H34N2O4S. The number of amides is 1. The van der Waals surface area contributed by atoms with Gasteiger partial charge in [-0.1, -0.05) is 0 Å². The Morgan fingerprint density at radius 2 is 1.92 bits per heavy atom. The number of ether oxygens (including phenoxy) is 2. The molecule has 1 amide bonds. The smallest absolute Gasteiger partial charge is 0.410 e. The topological polar surface area (TPSA) is 73.9 Å². The van der Waals surface area contributed by atoms with E-state index in [9.17, 15) is 9.35 Å². The monoisotopic (exact) mass is 374 g/mol. The number of hydrogen-bond donors (Lipinski definition) is 1. The first kappa shape index (κ1) is 20.8. The number of likely N-dealkylation sites (tertiary alicyclic amines) is 1. The van der Waals surface area contributed by atoms with Crippen LogP contribution in [0.1, 0.15) is 60.3 Å². The molecule has 0 aliphatic carbocycles. The van der Waals surface area contributed by atoms with E-state index >= 15 is 0 Å². The Morgan fingerprint density at radius 3 is 2.44 bits per heavy atom. The lowest BCUT2D eigenvalue weighted by atomic mass is 9.76. The first-order valence-corrected chi connectivity index (χ1v) is 10.3. The minimum atomic E-state index is -1.07. The molecule has 2 heterocycles. The van der Waals surface area contributed by atoms with E-state index in [4.69, 9.17) is 9.47 Å². The fraction of sp³-hybridized carbons (Fsp3) is 0.944. The van der Waals surface area contributed by atoms with Gasteiger partial charge in [-0.3, -0.25) is 0 Å². The van der Waals surface area contributed by atoms with Gasteiger partial charge in [0.1, 0.15) is 10.3 Å². The van der Waals surface area contributed by atoms with Crippen LogP contribution in [0, 0.1) is 5.41 Å². The minimum Gasteiger partial charge on any atom is -0.598 e. The Kier molecular flexibility index (Phi) is 6.35. The molecule has 2 rings (SSSR count). The summed E-state index contributed by atoms with van der Waals surface area (Å²) in [6.07, 6.45) is 3.57. The van der Waals surface area contributed by atoms with Crippen molar-refractivity contribution in [3.8, 4) is 0 Å². The van der Waals surface area contributed by atoms with Crippen LogP contribution in [0.2, 0.25) is 0 Å². The van der Waals surface area contributed by atoms with Crippen LogP contribution in [0.4, 0.5) is 4.79 Å². The summed E-state index contributed by atoms with van der Waals surface area (Å²) in [5.74, 6) is 0. The molecule has 0 bridgehead atoms. The van der Waals surface area contributed by atoms with Gasteiger partial charge in [-0.15, -0.1) is 4.72 Å². The Balaban J connectivity index is 1.85. The molecule has 0 aromatic carbocycles. The number of piperidine rings is 1. The second-order valence-electron chi connectivity index (χ2n) is 9.04. The van der Waals surface area contributed by atoms with E-state index < -0.39 is 17.0 Å². The Hall–Kier alpha value is -0.500. The molecule has 1 N–H and O–H groups in total. The second-order valence-corrected chi connectivity index (χ2v) is 11.1. The molecule has 146 valence electrons. The van der Waals surface area contributed by atoms with Crippen LogP contribution in [0.5, 0.6) is 0 Å². The highest BCUT2D eigenvalue weighted by Crippen LogP contribution is 2.44. The SMILES string of the molecule is CN[S@+]([O-])C(C)(C)C[C@H]1CC2(CCN(C(=O)OC(C)(C)C)CC2)CO1. The number of carbonyl (C=O) groups excluding carboxylic acids is 1. The maximum atomic E-state index is 12.2. The standard InChI is InChI=1S/C18H34N2O4S/c1-16(2,3)24-15(21)20-9-7-18(8-10-20)12-14(23-13-18)11-17(4,5)25(22)19-6/h14,19H,7-13H2,1-6H3/t14-,25+/m0/s1. The molecule has 2 fully saturated rings. The summed E-state index contributed by atoms with van der Waals surface area (Å²) in [6.45, 7) is 11.9. The Morgan fingerprint density at radius 1 is 1.32 bits per heavy atom. The maximum Gasteiger partial charge on any atom is 0.410 e. The van der Waals surface area contributed by atoms with Gasteiger partial charge in [-0.05, 0) is 59.3 Å². The number of carbonyl (C=O) groups is 1. The molecule has 1 spiro atoms. The average Bonchev–Trinajstić information content (AvgIpc) is 2.87. The summed E-state index contributed by atoms with van der Waals surface area (Å²) in [6, 6.07) is 0. The van der Waals surface area contributed by atoms with E-state index in [0.29, 0.717) is 0 Å². The molecule has 2 aliphatic heterocycles. The highest BCUT2D eigenvalue weighted by Gasteiger charge is 2.46. The first-order valence-electron chi connectivity index (χ1n) is 9.15. The van der Waals surface area contributed by atoms with Crippen LogP contribution in [-0.2, 0) is 20.8 Å². The normalized spacial score (nSPS) is 25.2. The van der Waals surface area contributed by atoms with E-state index in [0.717, 1.165) is 45.4 Å². The fourth-order valence-corrected chi connectivity index (χ4v) is 4.66. The summed E-state index contributed by atoms with van der Waals surface area (Å²) in [5, 5.41) is 0. The van der Waals surface area contributed by atoms with Gasteiger partial charge >= 0.3 is 6.09 Å². The summed E-state index contributed by atoms with van der Waals surface area (Å²) >= 11 is -1.07. The van der Waals surface area contributed by atoms with Crippen molar-refractivity contribution in [3.05, 3.63) is 0 Å². The maximum absolute atomic E-state index is 12.2. The second kappa shape index (κ2) is 7.62. The average molecular weight is 375 g/mol. The van der Waals surface area contributed by atoms with Gasteiger partial charge in [0.05, 0.1) is 12.7 Å². The molecule has 0 aromatic rings. The largest absolute Gasteiger partial charge is 0.598 e. The van der Waals surface area contributed by atoms with Gasteiger partial charge in [0, 0.05) is 37.9 Å². The van der Waals surface area contributed by atoms with Crippen LogP contribution in [0.3, 0.4) is 0 Å². The summed E-state index contributed by atoms with van der Waals surface area (Å²) in [4.78, 5) is 14.0. The van der Waals surface area contributed by atoms with E-state index in [1.54, 1.807) is 7.05 Å². The van der Waals surface area contributed by atoms with Crippen LogP contribution in [0.25, 0.3) is 0 Å². The van der Waals surface area contributed by atoms with Gasteiger partial charge in [0.15, 0.2) is 0 Å². The zero-order chi connectivity index (χ0) is 18.9. The van der Waals surface area contributed by atoms with Gasteiger partial charge in [0.2, 0.25) is 0 Å². The van der Waals surface area contributed by atoms with E-state index in [-0.39, 0.29) is 22.4 Å². The molecule has 2 aliphatic rings. The number of rotatable bonds is 4. The number of nitrogens with one attached hydrogen (secondary N) is 1. The van der Waals surface area contributed by atoms with Crippen molar-refractivity contribution < 1.29 is 18.8 Å². The van der Waals surface area contributed by atoms with Crippen molar-refractivity contribution >= 4 is 17.5 Å². The molecular weight excluding hydrogens is 340 g/mol. The predicted octanol–water partition coefficient (Wildman–Crippen LogP) is 2.84. The summed E-state index contributed by atoms with van der Waals surface area (Å²) in [5.41, 5.74) is -0.303. The fourth-order valence-electron chi connectivity index (χ4n) is 3.77. The van der Waals surface area contributed by atoms with Crippen molar-refractivity contribution in [2.24, 2.45) is 5.41 Å². The summed E-state index contributed by atoms with van der Waals surface area (Å²) in [7, 11) is 1.72. The first-order chi connectivity index (χ1) is 11.5. The molecule has 6 nitrogen and oxygen atoms in total. The third kappa shape index (κ3) is 5.49. The van der Waals surface area contributed by atoms with Gasteiger partial charge in [-0.2, -0.15) is 0 Å². The van der Waals surface area contributed by atoms with Crippen LogP contribution >= 0.6 is 0 Å². The number of nitrogens with zero attached hydrogens (tertiary/aromatic N) is 1. The molecule has 0 saturated carbocycles. The zero-order valence-corrected chi connectivity index (χ0v) is 17.3. The minimum absolute atomic E-state index is 0.139. The van der Waals surface area contributed by atoms with E-state index in [2.05, 4.69) is 4.72 Å². The predicted molar refractivity (Wildman–Crippen MR) is 99.7 cm³/mol. The molecule has 2 saturated heterocycles. The van der Waals surface area contributed by atoms with Crippen molar-refractivity contribution in [2.45, 2.75) is 76.8 Å². The third-order valence-corrected chi connectivity index (χ3v) is 6.71. The zero-order valence-electron chi connectivity index (χ0n) is 16.5. The molecule has 0 radical (unpaired) electrons. The highest BCUT2D eigenvalue weighted by atomic mass is 32.2. The van der Waals surface area contributed by atoms with Crippen molar-refractivity contribution in [1.82, 2.24) is 9.62 Å². The summed E-state index contributed by atoms with van der Waals surface area (Å²) < 4.78 is 26.2. The third-order valence-electron chi connectivity index (χ3n) is 5.17. The lowest BCUT2D eigenvalue weighted by molar-refractivity contribution is 0.00769. The number of hydrogen-bond acceptors (Lipinski definition) is 5. The lowest BCUT2D eigenvalue weighted by Crippen LogP contribution is -2.45. The lowest BCUT2D eigenvalue weighted by Gasteiger charge is -2.39. The molecule has 7 heteroatoms. The van der Waals surface area contributed by atoms with E-state index in [1.165, 1.54) is 0 Å². The van der Waals surface area contributed by atoms with Gasteiger partial charge in [0.25, 0.3) is 0 Å².